The Morgan fingerprint density at radius 1 is 1.39 bits per heavy atom. The molecule has 0 saturated carbocycles. The number of methoxy groups -OCH3 is 1. The van der Waals surface area contributed by atoms with Gasteiger partial charge in [-0.3, -0.25) is 0 Å². The molecule has 1 aromatic rings. The van der Waals surface area contributed by atoms with Crippen LogP contribution in [0.15, 0.2) is 18.2 Å². The van der Waals surface area contributed by atoms with Gasteiger partial charge in [-0.1, -0.05) is 6.07 Å². The van der Waals surface area contributed by atoms with Gasteiger partial charge in [0.2, 0.25) is 0 Å². The zero-order chi connectivity index (χ0) is 13.5. The van der Waals surface area contributed by atoms with Gasteiger partial charge in [0.05, 0.1) is 6.61 Å². The molecule has 18 heavy (non-hydrogen) atoms. The molecule has 0 aliphatic carbocycles. The fourth-order valence-electron chi connectivity index (χ4n) is 2.05. The fraction of sp³-hybridized carbons (Fsp3) is 0.571. The summed E-state index contributed by atoms with van der Waals surface area (Å²) in [6, 6.07) is 5.47. The summed E-state index contributed by atoms with van der Waals surface area (Å²) >= 11 is 0. The molecule has 2 N–H and O–H groups in total. The van der Waals surface area contributed by atoms with E-state index in [0.717, 1.165) is 12.2 Å². The van der Waals surface area contributed by atoms with Crippen LogP contribution in [0, 0.1) is 5.82 Å². The number of ether oxygens (including phenoxy) is 1. The summed E-state index contributed by atoms with van der Waals surface area (Å²) in [5, 5.41) is 0. The minimum atomic E-state index is -0.180. The molecule has 0 unspecified atom stereocenters. The summed E-state index contributed by atoms with van der Waals surface area (Å²) in [7, 11) is 1.67. The van der Waals surface area contributed by atoms with Gasteiger partial charge in [0.15, 0.2) is 0 Å². The van der Waals surface area contributed by atoms with Gasteiger partial charge in [0.25, 0.3) is 0 Å². The SMILES string of the molecule is COCCN(c1cccc(F)c1CCN)C(C)C. The second kappa shape index (κ2) is 7.34. The third-order valence-corrected chi connectivity index (χ3v) is 2.96. The molecule has 0 saturated heterocycles. The van der Waals surface area contributed by atoms with Gasteiger partial charge in [-0.15, -0.1) is 0 Å². The van der Waals surface area contributed by atoms with Crippen molar-refractivity contribution < 1.29 is 9.13 Å². The Hall–Kier alpha value is -1.13. The van der Waals surface area contributed by atoms with E-state index in [1.807, 2.05) is 6.07 Å². The molecule has 0 aliphatic heterocycles. The van der Waals surface area contributed by atoms with Gasteiger partial charge in [0.1, 0.15) is 5.82 Å². The minimum absolute atomic E-state index is 0.180. The first-order valence-corrected chi connectivity index (χ1v) is 6.34. The maximum atomic E-state index is 13.9. The predicted octanol–water partition coefficient (Wildman–Crippen LogP) is 2.19. The lowest BCUT2D eigenvalue weighted by atomic mass is 10.1. The Kier molecular flexibility index (Phi) is 6.09. The van der Waals surface area contributed by atoms with Gasteiger partial charge in [-0.25, -0.2) is 4.39 Å². The molecule has 0 atom stereocenters. The maximum Gasteiger partial charge on any atom is 0.128 e. The van der Waals surface area contributed by atoms with E-state index in [1.165, 1.54) is 6.07 Å². The average molecular weight is 254 g/mol. The fourth-order valence-corrected chi connectivity index (χ4v) is 2.05. The molecule has 0 bridgehead atoms. The van der Waals surface area contributed by atoms with Crippen LogP contribution in [0.2, 0.25) is 0 Å². The first-order chi connectivity index (χ1) is 8.61. The number of halogens is 1. The Morgan fingerprint density at radius 3 is 2.67 bits per heavy atom. The molecular formula is C14H23FN2O. The van der Waals surface area contributed by atoms with Gasteiger partial charge in [0, 0.05) is 30.9 Å². The third-order valence-electron chi connectivity index (χ3n) is 2.96. The lowest BCUT2D eigenvalue weighted by Gasteiger charge is -2.31. The molecule has 1 aromatic carbocycles. The van der Waals surface area contributed by atoms with Crippen molar-refractivity contribution in [2.45, 2.75) is 26.3 Å². The normalized spacial score (nSPS) is 11.0. The highest BCUT2D eigenvalue weighted by Gasteiger charge is 2.16. The van der Waals surface area contributed by atoms with Crippen LogP contribution in [0.5, 0.6) is 0 Å². The molecule has 4 heteroatoms. The third kappa shape index (κ3) is 3.68. The second-order valence-electron chi connectivity index (χ2n) is 4.56. The summed E-state index contributed by atoms with van der Waals surface area (Å²) in [6.45, 7) is 6.00. The van der Waals surface area contributed by atoms with E-state index in [0.29, 0.717) is 31.2 Å². The zero-order valence-electron chi connectivity index (χ0n) is 11.4. The van der Waals surface area contributed by atoms with Crippen molar-refractivity contribution in [3.05, 3.63) is 29.6 Å². The summed E-state index contributed by atoms with van der Waals surface area (Å²) in [5.41, 5.74) is 7.19. The second-order valence-corrected chi connectivity index (χ2v) is 4.56. The molecule has 0 radical (unpaired) electrons. The molecule has 0 fully saturated rings. The quantitative estimate of drug-likeness (QED) is 0.810. The van der Waals surface area contributed by atoms with Gasteiger partial charge < -0.3 is 15.4 Å². The highest BCUT2D eigenvalue weighted by Crippen LogP contribution is 2.25. The Bertz CT molecular complexity index is 369. The molecule has 0 heterocycles. The van der Waals surface area contributed by atoms with E-state index in [-0.39, 0.29) is 5.82 Å². The predicted molar refractivity (Wildman–Crippen MR) is 73.5 cm³/mol. The van der Waals surface area contributed by atoms with E-state index in [2.05, 4.69) is 18.7 Å². The number of hydrogen-bond acceptors (Lipinski definition) is 3. The Balaban J connectivity index is 3.06. The summed E-state index contributed by atoms with van der Waals surface area (Å²) in [4.78, 5) is 2.15. The van der Waals surface area contributed by atoms with Crippen molar-refractivity contribution in [2.24, 2.45) is 5.73 Å². The number of rotatable bonds is 7. The van der Waals surface area contributed by atoms with Crippen molar-refractivity contribution in [1.29, 1.82) is 0 Å². The average Bonchev–Trinajstić information content (AvgIpc) is 2.33. The zero-order valence-corrected chi connectivity index (χ0v) is 11.4. The lowest BCUT2D eigenvalue weighted by molar-refractivity contribution is 0.203. The van der Waals surface area contributed by atoms with Gasteiger partial charge in [-0.05, 0) is 38.9 Å². The van der Waals surface area contributed by atoms with Crippen LogP contribution in [0.25, 0.3) is 0 Å². The standard InChI is InChI=1S/C14H23FN2O/c1-11(2)17(9-10-18-3)14-6-4-5-13(15)12(14)7-8-16/h4-6,11H,7-10,16H2,1-3H3. The molecule has 0 aromatic heterocycles. The Morgan fingerprint density at radius 2 is 2.11 bits per heavy atom. The molecule has 1 rings (SSSR count). The molecule has 3 nitrogen and oxygen atoms in total. The number of anilines is 1. The number of nitrogens with two attached hydrogens (primary N) is 1. The van der Waals surface area contributed by atoms with Crippen LogP contribution in [-0.2, 0) is 11.2 Å². The van der Waals surface area contributed by atoms with E-state index in [9.17, 15) is 4.39 Å². The van der Waals surface area contributed by atoms with Crippen LogP contribution in [0.1, 0.15) is 19.4 Å². The Labute approximate surface area is 109 Å². The molecule has 102 valence electrons. The van der Waals surface area contributed by atoms with Crippen LogP contribution >= 0.6 is 0 Å². The first-order valence-electron chi connectivity index (χ1n) is 6.34. The van der Waals surface area contributed by atoms with Crippen molar-refractivity contribution >= 4 is 5.69 Å². The molecule has 0 spiro atoms. The number of hydrogen-bond donors (Lipinski definition) is 1. The summed E-state index contributed by atoms with van der Waals surface area (Å²) in [5.74, 6) is -0.180. The maximum absolute atomic E-state index is 13.9. The summed E-state index contributed by atoms with van der Waals surface area (Å²) < 4.78 is 19.0. The van der Waals surface area contributed by atoms with Crippen LogP contribution in [-0.4, -0.2) is 32.8 Å². The highest BCUT2D eigenvalue weighted by molar-refractivity contribution is 5.55. The van der Waals surface area contributed by atoms with Crippen LogP contribution in [0.3, 0.4) is 0 Å². The van der Waals surface area contributed by atoms with Gasteiger partial charge in [-0.2, -0.15) is 0 Å². The van der Waals surface area contributed by atoms with E-state index < -0.39 is 0 Å². The largest absolute Gasteiger partial charge is 0.383 e. The topological polar surface area (TPSA) is 38.5 Å². The highest BCUT2D eigenvalue weighted by atomic mass is 19.1. The van der Waals surface area contributed by atoms with Crippen LogP contribution < -0.4 is 10.6 Å². The molecular weight excluding hydrogens is 231 g/mol. The lowest BCUT2D eigenvalue weighted by Crippen LogP contribution is -2.35. The van der Waals surface area contributed by atoms with Crippen molar-refractivity contribution in [3.8, 4) is 0 Å². The number of benzene rings is 1. The van der Waals surface area contributed by atoms with Crippen molar-refractivity contribution in [1.82, 2.24) is 0 Å². The smallest absolute Gasteiger partial charge is 0.128 e. The van der Waals surface area contributed by atoms with Crippen LogP contribution in [0.4, 0.5) is 10.1 Å². The van der Waals surface area contributed by atoms with E-state index in [4.69, 9.17) is 10.5 Å². The van der Waals surface area contributed by atoms with Gasteiger partial charge >= 0.3 is 0 Å². The van der Waals surface area contributed by atoms with Crippen molar-refractivity contribution in [3.63, 3.8) is 0 Å². The monoisotopic (exact) mass is 254 g/mol. The van der Waals surface area contributed by atoms with Crippen molar-refractivity contribution in [2.75, 3.05) is 31.7 Å². The molecule has 0 amide bonds. The van der Waals surface area contributed by atoms with E-state index >= 15 is 0 Å². The minimum Gasteiger partial charge on any atom is -0.383 e. The summed E-state index contributed by atoms with van der Waals surface area (Å²) in [6.07, 6.45) is 0.554. The first kappa shape index (κ1) is 14.9. The molecule has 0 aliphatic rings. The van der Waals surface area contributed by atoms with E-state index in [1.54, 1.807) is 13.2 Å². The number of nitrogens with zero attached hydrogens (tertiary/aromatic N) is 1.